The average Bonchev–Trinajstić information content (AvgIpc) is 2.55. The maximum atomic E-state index is 12.2. The van der Waals surface area contributed by atoms with E-state index < -0.39 is 11.7 Å². The van der Waals surface area contributed by atoms with Crippen molar-refractivity contribution in [2.45, 2.75) is 25.8 Å². The number of aromatic amines is 1. The van der Waals surface area contributed by atoms with E-state index in [1.165, 1.54) is 7.11 Å². The van der Waals surface area contributed by atoms with Gasteiger partial charge in [0.15, 0.2) is 0 Å². The summed E-state index contributed by atoms with van der Waals surface area (Å²) in [5.74, 6) is -0.856. The van der Waals surface area contributed by atoms with Crippen LogP contribution in [0.2, 0.25) is 0 Å². The molecule has 2 N–H and O–H groups in total. The van der Waals surface area contributed by atoms with Gasteiger partial charge in [-0.05, 0) is 31.9 Å². The molecular weight excluding hydrogens is 342 g/mol. The van der Waals surface area contributed by atoms with Crippen LogP contribution >= 0.6 is 11.8 Å². The second-order valence-corrected chi connectivity index (χ2v) is 6.41. The largest absolute Gasteiger partial charge is 0.465 e. The second kappa shape index (κ2) is 7.98. The number of hydrogen-bond acceptors (Lipinski definition) is 6. The molecule has 2 rings (SSSR count). The van der Waals surface area contributed by atoms with Crippen molar-refractivity contribution in [3.8, 4) is 0 Å². The Bertz CT molecular complexity index is 856. The van der Waals surface area contributed by atoms with Crippen LogP contribution in [-0.2, 0) is 9.53 Å². The summed E-state index contributed by atoms with van der Waals surface area (Å²) in [6.07, 6.45) is 0. The highest BCUT2D eigenvalue weighted by atomic mass is 32.2. The van der Waals surface area contributed by atoms with Gasteiger partial charge in [0.2, 0.25) is 5.91 Å². The lowest BCUT2D eigenvalue weighted by Crippen LogP contribution is -2.20. The van der Waals surface area contributed by atoms with Gasteiger partial charge in [-0.2, -0.15) is 4.98 Å². The number of methoxy groups -OCH3 is 1. The third-order valence-corrected chi connectivity index (χ3v) is 4.54. The van der Waals surface area contributed by atoms with Crippen molar-refractivity contribution in [3.63, 3.8) is 0 Å². The number of ether oxygens (including phenoxy) is 1. The zero-order valence-electron chi connectivity index (χ0n) is 14.4. The van der Waals surface area contributed by atoms with Crippen LogP contribution in [-0.4, -0.2) is 34.7 Å². The van der Waals surface area contributed by atoms with E-state index in [1.54, 1.807) is 6.92 Å². The number of carbonyl (C=O) groups is 2. The van der Waals surface area contributed by atoms with Crippen molar-refractivity contribution < 1.29 is 14.3 Å². The van der Waals surface area contributed by atoms with E-state index in [1.807, 2.05) is 32.0 Å². The van der Waals surface area contributed by atoms with Gasteiger partial charge < -0.3 is 15.0 Å². The molecule has 1 aromatic carbocycles. The third-order valence-electron chi connectivity index (χ3n) is 3.56. The van der Waals surface area contributed by atoms with Crippen molar-refractivity contribution in [2.75, 3.05) is 18.2 Å². The maximum absolute atomic E-state index is 12.2. The molecular formula is C17H19N3O4S. The number of para-hydroxylation sites is 1. The van der Waals surface area contributed by atoms with Gasteiger partial charge in [-0.1, -0.05) is 30.0 Å². The molecule has 0 atom stereocenters. The van der Waals surface area contributed by atoms with Gasteiger partial charge in [0.05, 0.1) is 12.9 Å². The van der Waals surface area contributed by atoms with Crippen molar-refractivity contribution in [1.82, 2.24) is 9.97 Å². The molecule has 1 aromatic heterocycles. The molecule has 0 unspecified atom stereocenters. The van der Waals surface area contributed by atoms with Crippen LogP contribution in [0, 0.1) is 20.8 Å². The number of amides is 1. The normalized spacial score (nSPS) is 10.4. The SMILES string of the molecule is COC(=O)c1c(SCC(=O)Nc2c(C)cccc2C)nc(=O)[nH]c1C. The highest BCUT2D eigenvalue weighted by molar-refractivity contribution is 8.00. The van der Waals surface area contributed by atoms with Crippen molar-refractivity contribution >= 4 is 29.3 Å². The fourth-order valence-electron chi connectivity index (χ4n) is 2.33. The summed E-state index contributed by atoms with van der Waals surface area (Å²) in [5.41, 5.74) is 2.60. The smallest absolute Gasteiger partial charge is 0.346 e. The number of nitrogens with one attached hydrogen (secondary N) is 2. The van der Waals surface area contributed by atoms with Crippen LogP contribution in [0.15, 0.2) is 28.0 Å². The Morgan fingerprint density at radius 2 is 1.88 bits per heavy atom. The minimum Gasteiger partial charge on any atom is -0.465 e. The number of carbonyl (C=O) groups excluding carboxylic acids is 2. The molecule has 0 saturated heterocycles. The van der Waals surface area contributed by atoms with Crippen molar-refractivity contribution in [1.29, 1.82) is 0 Å². The Balaban J connectivity index is 2.17. The Kier molecular flexibility index (Phi) is 5.97. The Morgan fingerprint density at radius 1 is 1.24 bits per heavy atom. The van der Waals surface area contributed by atoms with Gasteiger partial charge >= 0.3 is 11.7 Å². The molecule has 0 fully saturated rings. The summed E-state index contributed by atoms with van der Waals surface area (Å²) >= 11 is 1.01. The van der Waals surface area contributed by atoms with E-state index in [0.717, 1.165) is 28.6 Å². The van der Waals surface area contributed by atoms with Gasteiger partial charge in [-0.3, -0.25) is 4.79 Å². The topological polar surface area (TPSA) is 101 Å². The second-order valence-electron chi connectivity index (χ2n) is 5.44. The minimum absolute atomic E-state index is 0.00760. The van der Waals surface area contributed by atoms with Gasteiger partial charge in [-0.25, -0.2) is 9.59 Å². The molecule has 132 valence electrons. The van der Waals surface area contributed by atoms with Gasteiger partial charge in [-0.15, -0.1) is 0 Å². The lowest BCUT2D eigenvalue weighted by atomic mass is 10.1. The molecule has 0 radical (unpaired) electrons. The van der Waals surface area contributed by atoms with E-state index in [9.17, 15) is 14.4 Å². The molecule has 0 aliphatic carbocycles. The Hall–Kier alpha value is -2.61. The molecule has 8 heteroatoms. The number of H-pyrrole nitrogens is 1. The van der Waals surface area contributed by atoms with Crippen LogP contribution in [0.3, 0.4) is 0 Å². The first-order valence-corrected chi connectivity index (χ1v) is 8.50. The fraction of sp³-hybridized carbons (Fsp3) is 0.294. The lowest BCUT2D eigenvalue weighted by Gasteiger charge is -2.12. The van der Waals surface area contributed by atoms with Crippen LogP contribution in [0.4, 0.5) is 5.69 Å². The van der Waals surface area contributed by atoms with Crippen molar-refractivity contribution in [2.24, 2.45) is 0 Å². The molecule has 1 heterocycles. The number of benzene rings is 1. The average molecular weight is 361 g/mol. The number of aromatic nitrogens is 2. The fourth-order valence-corrected chi connectivity index (χ4v) is 3.20. The third kappa shape index (κ3) is 4.48. The number of anilines is 1. The van der Waals surface area contributed by atoms with Crippen molar-refractivity contribution in [3.05, 3.63) is 51.1 Å². The first kappa shape index (κ1) is 18.7. The van der Waals surface area contributed by atoms with Crippen LogP contribution in [0.1, 0.15) is 27.2 Å². The predicted octanol–water partition coefficient (Wildman–Crippen LogP) is 2.21. The highest BCUT2D eigenvalue weighted by Crippen LogP contribution is 2.23. The van der Waals surface area contributed by atoms with E-state index >= 15 is 0 Å². The standard InChI is InChI=1S/C17H19N3O4S/c1-9-6-5-7-10(2)14(9)19-12(21)8-25-15-13(16(22)24-4)11(3)18-17(23)20-15/h5-7H,8H2,1-4H3,(H,19,21)(H,18,20,23). The molecule has 0 spiro atoms. The van der Waals surface area contributed by atoms with E-state index in [0.29, 0.717) is 5.69 Å². The first-order valence-electron chi connectivity index (χ1n) is 7.51. The van der Waals surface area contributed by atoms with E-state index in [-0.39, 0.29) is 22.2 Å². The molecule has 7 nitrogen and oxygen atoms in total. The molecule has 0 aliphatic heterocycles. The lowest BCUT2D eigenvalue weighted by molar-refractivity contribution is -0.113. The summed E-state index contributed by atoms with van der Waals surface area (Å²) in [6.45, 7) is 5.40. The number of nitrogens with zero attached hydrogens (tertiary/aromatic N) is 1. The van der Waals surface area contributed by atoms with Gasteiger partial charge in [0.25, 0.3) is 0 Å². The summed E-state index contributed by atoms with van der Waals surface area (Å²) in [5, 5.41) is 3.02. The number of thioether (sulfide) groups is 1. The maximum Gasteiger partial charge on any atom is 0.346 e. The first-order chi connectivity index (χ1) is 11.8. The zero-order chi connectivity index (χ0) is 18.6. The minimum atomic E-state index is -0.612. The van der Waals surface area contributed by atoms with Gasteiger partial charge in [0.1, 0.15) is 10.6 Å². The monoisotopic (exact) mass is 361 g/mol. The van der Waals surface area contributed by atoms with Gasteiger partial charge in [0, 0.05) is 11.4 Å². The predicted molar refractivity (Wildman–Crippen MR) is 96.2 cm³/mol. The van der Waals surface area contributed by atoms with Crippen LogP contribution < -0.4 is 11.0 Å². The molecule has 0 bridgehead atoms. The molecule has 0 aliphatic rings. The van der Waals surface area contributed by atoms with Crippen LogP contribution in [0.25, 0.3) is 0 Å². The summed E-state index contributed by atoms with van der Waals surface area (Å²) in [6, 6.07) is 5.74. The zero-order valence-corrected chi connectivity index (χ0v) is 15.2. The molecule has 1 amide bonds. The van der Waals surface area contributed by atoms with Crippen LogP contribution in [0.5, 0.6) is 0 Å². The highest BCUT2D eigenvalue weighted by Gasteiger charge is 2.19. The summed E-state index contributed by atoms with van der Waals surface area (Å²) < 4.78 is 4.72. The summed E-state index contributed by atoms with van der Waals surface area (Å²) in [4.78, 5) is 42.0. The van der Waals surface area contributed by atoms with E-state index in [4.69, 9.17) is 4.74 Å². The number of hydrogen-bond donors (Lipinski definition) is 2. The summed E-state index contributed by atoms with van der Waals surface area (Å²) in [7, 11) is 1.25. The quantitative estimate of drug-likeness (QED) is 0.481. The molecule has 2 aromatic rings. The number of rotatable bonds is 5. The molecule has 25 heavy (non-hydrogen) atoms. The Labute approximate surface area is 149 Å². The van der Waals surface area contributed by atoms with E-state index in [2.05, 4.69) is 15.3 Å². The Morgan fingerprint density at radius 3 is 2.48 bits per heavy atom. The number of esters is 1. The molecule has 0 saturated carbocycles. The number of aryl methyl sites for hydroxylation is 3.